The molecule has 7 nitrogen and oxygen atoms in total. The molecule has 1 aromatic heterocycles. The first-order chi connectivity index (χ1) is 11.1. The smallest absolute Gasteiger partial charge is 0.390 e. The summed E-state index contributed by atoms with van der Waals surface area (Å²) in [7, 11) is 0. The van der Waals surface area contributed by atoms with Crippen LogP contribution in [0.5, 0.6) is 0 Å². The largest absolute Gasteiger partial charge is 0.434 e. The van der Waals surface area contributed by atoms with E-state index in [9.17, 15) is 15.2 Å². The summed E-state index contributed by atoms with van der Waals surface area (Å²) >= 11 is 0. The summed E-state index contributed by atoms with van der Waals surface area (Å²) in [6.07, 6.45) is 4.46. The number of aliphatic hydroxyl groups excluding tert-OH is 1. The van der Waals surface area contributed by atoms with Crippen LogP contribution in [0.1, 0.15) is 23.6 Å². The Labute approximate surface area is 133 Å². The lowest BCUT2D eigenvalue weighted by atomic mass is 9.92. The van der Waals surface area contributed by atoms with Crippen LogP contribution in [0.2, 0.25) is 0 Å². The number of imidazole rings is 1. The number of hydrogen-bond donors (Lipinski definition) is 1. The van der Waals surface area contributed by atoms with Crippen molar-refractivity contribution in [1.29, 1.82) is 0 Å². The van der Waals surface area contributed by atoms with Gasteiger partial charge >= 0.3 is 5.95 Å². The number of aliphatic hydroxyl groups is 1. The minimum Gasteiger partial charge on any atom is -0.390 e. The van der Waals surface area contributed by atoms with Gasteiger partial charge in [-0.25, -0.2) is 4.57 Å². The third-order valence-electron chi connectivity index (χ3n) is 4.83. The van der Waals surface area contributed by atoms with E-state index in [-0.39, 0.29) is 12.5 Å². The minimum absolute atomic E-state index is 0.188. The fourth-order valence-electron chi connectivity index (χ4n) is 3.79. The summed E-state index contributed by atoms with van der Waals surface area (Å²) in [5.41, 5.74) is 2.76. The molecule has 2 aromatic rings. The van der Waals surface area contributed by atoms with E-state index >= 15 is 0 Å². The molecule has 1 saturated heterocycles. The molecule has 4 atom stereocenters. The lowest BCUT2D eigenvalue weighted by Gasteiger charge is -2.12. The zero-order valence-corrected chi connectivity index (χ0v) is 12.6. The number of aryl methyl sites for hydroxylation is 1. The van der Waals surface area contributed by atoms with Gasteiger partial charge in [-0.3, -0.25) is 4.90 Å². The quantitative estimate of drug-likeness (QED) is 0.514. The monoisotopic (exact) mass is 314 g/mol. The van der Waals surface area contributed by atoms with Crippen LogP contribution < -0.4 is 0 Å². The van der Waals surface area contributed by atoms with Crippen LogP contribution in [-0.2, 0) is 13.0 Å². The molecule has 0 radical (unpaired) electrons. The Hall–Kier alpha value is -2.25. The van der Waals surface area contributed by atoms with Gasteiger partial charge in [0.15, 0.2) is 0 Å². The van der Waals surface area contributed by atoms with Gasteiger partial charge in [0, 0.05) is 12.6 Å². The SMILES string of the molecule is O=[N+]([O-])c1nccn1CC(O)CN1C2CCc3ccccc3C21. The van der Waals surface area contributed by atoms with E-state index < -0.39 is 11.0 Å². The molecule has 23 heavy (non-hydrogen) atoms. The van der Waals surface area contributed by atoms with Gasteiger partial charge < -0.3 is 15.2 Å². The van der Waals surface area contributed by atoms with Crippen LogP contribution >= 0.6 is 0 Å². The Morgan fingerprint density at radius 2 is 2.22 bits per heavy atom. The Morgan fingerprint density at radius 3 is 3.04 bits per heavy atom. The molecule has 0 bridgehead atoms. The average Bonchev–Trinajstić information content (AvgIpc) is 3.02. The topological polar surface area (TPSA) is 84.2 Å². The van der Waals surface area contributed by atoms with E-state index in [2.05, 4.69) is 34.1 Å². The van der Waals surface area contributed by atoms with Crippen molar-refractivity contribution < 1.29 is 10.0 Å². The van der Waals surface area contributed by atoms with E-state index in [1.807, 2.05) is 0 Å². The molecule has 4 rings (SSSR count). The Balaban J connectivity index is 1.42. The van der Waals surface area contributed by atoms with Gasteiger partial charge in [0.2, 0.25) is 0 Å². The fourth-order valence-corrected chi connectivity index (χ4v) is 3.79. The van der Waals surface area contributed by atoms with E-state index in [0.717, 1.165) is 12.8 Å². The molecular formula is C16H18N4O3. The predicted molar refractivity (Wildman–Crippen MR) is 82.9 cm³/mol. The maximum atomic E-state index is 10.9. The minimum atomic E-state index is -0.652. The lowest BCUT2D eigenvalue weighted by molar-refractivity contribution is -0.397. The van der Waals surface area contributed by atoms with Crippen LogP contribution in [-0.4, -0.2) is 43.2 Å². The van der Waals surface area contributed by atoms with Gasteiger partial charge in [-0.1, -0.05) is 29.2 Å². The second-order valence-corrected chi connectivity index (χ2v) is 6.24. The van der Waals surface area contributed by atoms with Gasteiger partial charge in [0.25, 0.3) is 0 Å². The number of rotatable bonds is 5. The molecular weight excluding hydrogens is 296 g/mol. The molecule has 1 aromatic carbocycles. The third kappa shape index (κ3) is 2.51. The van der Waals surface area contributed by atoms with Crippen molar-refractivity contribution in [1.82, 2.24) is 14.5 Å². The summed E-state index contributed by atoms with van der Waals surface area (Å²) in [6.45, 7) is 0.715. The van der Waals surface area contributed by atoms with Crippen molar-refractivity contribution in [3.05, 3.63) is 57.9 Å². The van der Waals surface area contributed by atoms with Crippen molar-refractivity contribution >= 4 is 5.95 Å². The fraction of sp³-hybridized carbons (Fsp3) is 0.438. The highest BCUT2D eigenvalue weighted by molar-refractivity contribution is 5.38. The van der Waals surface area contributed by atoms with Crippen LogP contribution in [0, 0.1) is 10.1 Å². The maximum Gasteiger partial charge on any atom is 0.434 e. The first kappa shape index (κ1) is 14.3. The van der Waals surface area contributed by atoms with E-state index in [1.165, 1.54) is 28.1 Å². The maximum absolute atomic E-state index is 10.9. The molecule has 120 valence electrons. The second kappa shape index (κ2) is 5.43. The van der Waals surface area contributed by atoms with Crippen LogP contribution in [0.3, 0.4) is 0 Å². The predicted octanol–water partition coefficient (Wildman–Crippen LogP) is 1.52. The van der Waals surface area contributed by atoms with Crippen LogP contribution in [0.25, 0.3) is 0 Å². The third-order valence-corrected chi connectivity index (χ3v) is 4.83. The summed E-state index contributed by atoms with van der Waals surface area (Å²) in [5, 5.41) is 21.2. The second-order valence-electron chi connectivity index (χ2n) is 6.24. The lowest BCUT2D eigenvalue weighted by Crippen LogP contribution is -2.26. The first-order valence-corrected chi connectivity index (χ1v) is 7.82. The Bertz CT molecular complexity index is 744. The first-order valence-electron chi connectivity index (χ1n) is 7.82. The van der Waals surface area contributed by atoms with Crippen molar-refractivity contribution in [2.45, 2.75) is 37.6 Å². The van der Waals surface area contributed by atoms with Gasteiger partial charge in [-0.05, 0) is 28.9 Å². The van der Waals surface area contributed by atoms with Crippen LogP contribution in [0.15, 0.2) is 36.7 Å². The number of β-amino-alcohol motifs (C(OH)–C–C–N with tert-alkyl or cyclic N) is 1. The number of nitro groups is 1. The molecule has 1 aliphatic heterocycles. The number of hydrogen-bond acceptors (Lipinski definition) is 5. The molecule has 0 amide bonds. The number of aromatic nitrogens is 2. The molecule has 2 heterocycles. The van der Waals surface area contributed by atoms with Crippen molar-refractivity contribution in [3.8, 4) is 0 Å². The summed E-state index contributed by atoms with van der Waals surface area (Å²) < 4.78 is 1.39. The van der Waals surface area contributed by atoms with Gasteiger partial charge in [-0.2, -0.15) is 0 Å². The molecule has 1 fully saturated rings. The normalized spacial score (nSPS) is 26.2. The highest BCUT2D eigenvalue weighted by Crippen LogP contribution is 2.50. The highest BCUT2D eigenvalue weighted by atomic mass is 16.6. The standard InChI is InChI=1S/C16H18N4O3/c21-12(9-18-8-7-17-16(18)20(22)23)10-19-14-6-5-11-3-1-2-4-13(11)15(14)19/h1-4,7-8,12,14-15,21H,5-6,9-10H2. The molecule has 0 spiro atoms. The molecule has 4 unspecified atom stereocenters. The van der Waals surface area contributed by atoms with Crippen molar-refractivity contribution in [3.63, 3.8) is 0 Å². The average molecular weight is 314 g/mol. The highest BCUT2D eigenvalue weighted by Gasteiger charge is 2.51. The Kier molecular flexibility index (Phi) is 3.39. The van der Waals surface area contributed by atoms with E-state index in [1.54, 1.807) is 0 Å². The molecule has 2 aliphatic rings. The zero-order chi connectivity index (χ0) is 16.0. The number of nitrogens with zero attached hydrogens (tertiary/aromatic N) is 4. The number of benzene rings is 1. The molecule has 1 N–H and O–H groups in total. The molecule has 7 heteroatoms. The van der Waals surface area contributed by atoms with E-state index in [4.69, 9.17) is 0 Å². The summed E-state index contributed by atoms with van der Waals surface area (Å²) in [5.74, 6) is -0.224. The van der Waals surface area contributed by atoms with Crippen molar-refractivity contribution in [2.24, 2.45) is 0 Å². The van der Waals surface area contributed by atoms with Gasteiger partial charge in [-0.15, -0.1) is 0 Å². The van der Waals surface area contributed by atoms with E-state index in [0.29, 0.717) is 18.6 Å². The summed E-state index contributed by atoms with van der Waals surface area (Å²) in [4.78, 5) is 16.3. The van der Waals surface area contributed by atoms with Gasteiger partial charge in [0.1, 0.15) is 12.4 Å². The van der Waals surface area contributed by atoms with Crippen LogP contribution in [0.4, 0.5) is 5.95 Å². The van der Waals surface area contributed by atoms with Gasteiger partial charge in [0.05, 0.1) is 18.7 Å². The molecule has 1 aliphatic carbocycles. The number of fused-ring (bicyclic) bond motifs is 3. The Morgan fingerprint density at radius 1 is 1.39 bits per heavy atom. The van der Waals surface area contributed by atoms with Crippen molar-refractivity contribution in [2.75, 3.05) is 6.54 Å². The molecule has 0 saturated carbocycles. The zero-order valence-electron chi connectivity index (χ0n) is 12.6. The summed E-state index contributed by atoms with van der Waals surface area (Å²) in [6, 6.07) is 9.36.